The highest BCUT2D eigenvalue weighted by Gasteiger charge is 2.29. The van der Waals surface area contributed by atoms with Crippen LogP contribution in [0.1, 0.15) is 6.42 Å². The zero-order valence-electron chi connectivity index (χ0n) is 11.4. The van der Waals surface area contributed by atoms with Gasteiger partial charge in [0.2, 0.25) is 5.91 Å². The second-order valence-corrected chi connectivity index (χ2v) is 7.00. The zero-order chi connectivity index (χ0) is 15.8. The number of anilines is 1. The number of benzene rings is 1. The summed E-state index contributed by atoms with van der Waals surface area (Å²) < 4.78 is 23.4. The minimum absolute atomic E-state index is 0.290. The molecule has 1 amide bonds. The van der Waals surface area contributed by atoms with Crippen LogP contribution in [0.4, 0.5) is 11.4 Å². The molecule has 1 aliphatic heterocycles. The fraction of sp³-hybridized carbons (Fsp3) is 0.417. The van der Waals surface area contributed by atoms with Crippen LogP contribution in [0.3, 0.4) is 0 Å². The number of rotatable bonds is 4. The van der Waals surface area contributed by atoms with Gasteiger partial charge in [0, 0.05) is 31.1 Å². The number of sulfone groups is 1. The van der Waals surface area contributed by atoms with Crippen LogP contribution in [0.5, 0.6) is 0 Å². The van der Waals surface area contributed by atoms with E-state index in [4.69, 9.17) is 5.73 Å². The lowest BCUT2D eigenvalue weighted by Gasteiger charge is -2.18. The van der Waals surface area contributed by atoms with Crippen molar-refractivity contribution in [3.63, 3.8) is 0 Å². The van der Waals surface area contributed by atoms with Gasteiger partial charge in [-0.05, 0) is 18.6 Å². The monoisotopic (exact) mass is 313 g/mol. The Labute approximate surface area is 121 Å². The average Bonchev–Trinajstić information content (AvgIpc) is 2.86. The van der Waals surface area contributed by atoms with E-state index < -0.39 is 26.4 Å². The number of nitrogens with two attached hydrogens (primary N) is 1. The van der Waals surface area contributed by atoms with Crippen molar-refractivity contribution in [2.24, 2.45) is 11.7 Å². The number of hydrogen-bond acceptors (Lipinski definition) is 6. The molecule has 1 unspecified atom stereocenters. The molecule has 2 rings (SSSR count). The summed E-state index contributed by atoms with van der Waals surface area (Å²) >= 11 is 0. The molecule has 0 spiro atoms. The van der Waals surface area contributed by atoms with Crippen molar-refractivity contribution in [1.29, 1.82) is 0 Å². The maximum Gasteiger partial charge on any atom is 0.288 e. The number of nitro groups is 1. The molecule has 8 nitrogen and oxygen atoms in total. The Bertz CT molecular complexity index is 701. The molecule has 1 aliphatic rings. The Morgan fingerprint density at radius 2 is 2.14 bits per heavy atom. The van der Waals surface area contributed by atoms with Crippen molar-refractivity contribution < 1.29 is 18.1 Å². The molecule has 9 heteroatoms. The van der Waals surface area contributed by atoms with Crippen LogP contribution in [0, 0.1) is 16.0 Å². The quantitative estimate of drug-likeness (QED) is 0.630. The first kappa shape index (κ1) is 15.2. The second kappa shape index (κ2) is 5.32. The molecule has 21 heavy (non-hydrogen) atoms. The molecule has 1 saturated heterocycles. The molecule has 1 aromatic carbocycles. The lowest BCUT2D eigenvalue weighted by molar-refractivity contribution is -0.387. The van der Waals surface area contributed by atoms with Gasteiger partial charge in [-0.25, -0.2) is 8.42 Å². The molecular formula is C12H15N3O5S. The number of carbonyl (C=O) groups excluding carboxylic acids is 1. The van der Waals surface area contributed by atoms with Gasteiger partial charge < -0.3 is 10.6 Å². The molecule has 1 fully saturated rings. The second-order valence-electron chi connectivity index (χ2n) is 5.02. The highest BCUT2D eigenvalue weighted by Crippen LogP contribution is 2.31. The Balaban J connectivity index is 2.40. The van der Waals surface area contributed by atoms with E-state index in [1.807, 2.05) is 0 Å². The van der Waals surface area contributed by atoms with E-state index in [0.29, 0.717) is 25.2 Å². The third-order valence-corrected chi connectivity index (χ3v) is 4.62. The van der Waals surface area contributed by atoms with E-state index >= 15 is 0 Å². The molecule has 0 aromatic heterocycles. The fourth-order valence-corrected chi connectivity index (χ4v) is 3.23. The predicted molar refractivity (Wildman–Crippen MR) is 75.7 cm³/mol. The van der Waals surface area contributed by atoms with Crippen LogP contribution in [-0.4, -0.2) is 38.6 Å². The number of nitrogens with zero attached hydrogens (tertiary/aromatic N) is 2. The van der Waals surface area contributed by atoms with Crippen LogP contribution >= 0.6 is 0 Å². The molecule has 0 aliphatic carbocycles. The van der Waals surface area contributed by atoms with Gasteiger partial charge in [-0.2, -0.15) is 0 Å². The van der Waals surface area contributed by atoms with Crippen molar-refractivity contribution >= 4 is 27.1 Å². The molecule has 0 bridgehead atoms. The molecule has 2 N–H and O–H groups in total. The van der Waals surface area contributed by atoms with Gasteiger partial charge in [0.05, 0.1) is 10.8 Å². The minimum atomic E-state index is -3.72. The third-order valence-electron chi connectivity index (χ3n) is 3.50. The van der Waals surface area contributed by atoms with Crippen molar-refractivity contribution in [1.82, 2.24) is 0 Å². The van der Waals surface area contributed by atoms with E-state index in [0.717, 1.165) is 6.26 Å². The number of primary amides is 1. The van der Waals surface area contributed by atoms with Crippen molar-refractivity contribution in [2.45, 2.75) is 11.3 Å². The van der Waals surface area contributed by atoms with Crippen LogP contribution < -0.4 is 10.6 Å². The highest BCUT2D eigenvalue weighted by molar-refractivity contribution is 7.90. The summed E-state index contributed by atoms with van der Waals surface area (Å²) in [4.78, 5) is 22.8. The Hall–Kier alpha value is -2.16. The first-order valence-electron chi connectivity index (χ1n) is 6.23. The van der Waals surface area contributed by atoms with Crippen LogP contribution in [0.25, 0.3) is 0 Å². The molecule has 0 radical (unpaired) electrons. The van der Waals surface area contributed by atoms with Gasteiger partial charge >= 0.3 is 0 Å². The minimum Gasteiger partial charge on any atom is -0.371 e. The van der Waals surface area contributed by atoms with Gasteiger partial charge in [-0.1, -0.05) is 0 Å². The number of nitro benzene ring substituents is 1. The first-order valence-corrected chi connectivity index (χ1v) is 8.12. The lowest BCUT2D eigenvalue weighted by atomic mass is 10.1. The SMILES string of the molecule is CS(=O)(=O)c1cc(N2CCC(C(N)=O)C2)ccc1[N+](=O)[O-]. The summed E-state index contributed by atoms with van der Waals surface area (Å²) in [6, 6.07) is 3.93. The average molecular weight is 313 g/mol. The van der Waals surface area contributed by atoms with Crippen LogP contribution in [0.15, 0.2) is 23.1 Å². The summed E-state index contributed by atoms with van der Waals surface area (Å²) in [5.74, 6) is -0.690. The third kappa shape index (κ3) is 3.13. The van der Waals surface area contributed by atoms with E-state index in [1.165, 1.54) is 18.2 Å². The zero-order valence-corrected chi connectivity index (χ0v) is 12.2. The molecule has 114 valence electrons. The summed E-state index contributed by atoms with van der Waals surface area (Å²) in [6.07, 6.45) is 1.51. The fourth-order valence-electron chi connectivity index (χ4n) is 2.37. The van der Waals surface area contributed by atoms with Crippen molar-refractivity contribution in [3.05, 3.63) is 28.3 Å². The van der Waals surface area contributed by atoms with E-state index in [-0.39, 0.29) is 10.8 Å². The Kier molecular flexibility index (Phi) is 3.86. The normalized spacial score (nSPS) is 18.7. The molecule has 1 heterocycles. The van der Waals surface area contributed by atoms with E-state index in [9.17, 15) is 23.3 Å². The lowest BCUT2D eigenvalue weighted by Crippen LogP contribution is -2.27. The smallest absolute Gasteiger partial charge is 0.288 e. The van der Waals surface area contributed by atoms with Crippen molar-refractivity contribution in [2.75, 3.05) is 24.2 Å². The molecule has 1 atom stereocenters. The Morgan fingerprint density at radius 1 is 1.48 bits per heavy atom. The van der Waals surface area contributed by atoms with Crippen LogP contribution in [-0.2, 0) is 14.6 Å². The standard InChI is InChI=1S/C12H15N3O5S/c1-21(19,20)11-6-9(2-3-10(11)15(17)18)14-5-4-8(7-14)12(13)16/h2-3,6,8H,4-5,7H2,1H3,(H2,13,16). The summed E-state index contributed by atoms with van der Waals surface area (Å²) in [5.41, 5.74) is 5.33. The summed E-state index contributed by atoms with van der Waals surface area (Å²) in [6.45, 7) is 0.935. The van der Waals surface area contributed by atoms with Gasteiger partial charge in [0.25, 0.3) is 5.69 Å². The Morgan fingerprint density at radius 3 is 2.62 bits per heavy atom. The predicted octanol–water partition coefficient (Wildman–Crippen LogP) is 0.310. The number of hydrogen-bond donors (Lipinski definition) is 1. The van der Waals surface area contributed by atoms with Gasteiger partial charge in [-0.15, -0.1) is 0 Å². The molecule has 1 aromatic rings. The van der Waals surface area contributed by atoms with Gasteiger partial charge in [0.1, 0.15) is 4.90 Å². The molecular weight excluding hydrogens is 298 g/mol. The first-order chi connectivity index (χ1) is 9.70. The van der Waals surface area contributed by atoms with E-state index in [1.54, 1.807) is 4.90 Å². The maximum atomic E-state index is 11.7. The van der Waals surface area contributed by atoms with Crippen LogP contribution in [0.2, 0.25) is 0 Å². The summed E-state index contributed by atoms with van der Waals surface area (Å²) in [5, 5.41) is 10.9. The van der Waals surface area contributed by atoms with Gasteiger partial charge in [0.15, 0.2) is 9.84 Å². The topological polar surface area (TPSA) is 124 Å². The number of carbonyl (C=O) groups is 1. The van der Waals surface area contributed by atoms with Crippen molar-refractivity contribution in [3.8, 4) is 0 Å². The highest BCUT2D eigenvalue weighted by atomic mass is 32.2. The molecule has 0 saturated carbocycles. The van der Waals surface area contributed by atoms with E-state index in [2.05, 4.69) is 0 Å². The maximum absolute atomic E-state index is 11.7. The number of amides is 1. The van der Waals surface area contributed by atoms with Gasteiger partial charge in [-0.3, -0.25) is 14.9 Å². The largest absolute Gasteiger partial charge is 0.371 e. The summed E-state index contributed by atoms with van der Waals surface area (Å²) in [7, 11) is -3.72.